The van der Waals surface area contributed by atoms with Gasteiger partial charge >= 0.3 is 0 Å². The Hall–Kier alpha value is -1.90. The molecule has 0 aliphatic heterocycles. The van der Waals surface area contributed by atoms with E-state index in [-0.39, 0.29) is 17.2 Å². The molecule has 2 aromatic rings. The topological polar surface area (TPSA) is 34.9 Å². The molecule has 1 aromatic carbocycles. The van der Waals surface area contributed by atoms with Crippen molar-refractivity contribution in [2.24, 2.45) is 11.3 Å². The molecule has 0 amide bonds. The molecule has 0 saturated carbocycles. The molecule has 0 saturated heterocycles. The average Bonchev–Trinajstić information content (AvgIpc) is 2.89. The molecule has 2 rings (SSSR count). The fourth-order valence-electron chi connectivity index (χ4n) is 2.29. The van der Waals surface area contributed by atoms with Crippen LogP contribution in [0, 0.1) is 18.3 Å². The maximum atomic E-state index is 12.6. The van der Waals surface area contributed by atoms with Gasteiger partial charge < -0.3 is 0 Å². The number of hydrogen-bond acceptors (Lipinski definition) is 2. The van der Waals surface area contributed by atoms with Crippen molar-refractivity contribution in [1.82, 2.24) is 9.55 Å². The molecule has 1 aromatic heterocycles. The van der Waals surface area contributed by atoms with E-state index >= 15 is 0 Å². The minimum absolute atomic E-state index is 0.0700. The Labute approximate surface area is 120 Å². The van der Waals surface area contributed by atoms with Crippen LogP contribution in [0.5, 0.6) is 0 Å². The van der Waals surface area contributed by atoms with Crippen molar-refractivity contribution in [3.05, 3.63) is 54.1 Å². The summed E-state index contributed by atoms with van der Waals surface area (Å²) in [5, 5.41) is 0. The largest absolute Gasteiger partial charge is 0.276 e. The molecule has 106 valence electrons. The maximum absolute atomic E-state index is 12.6. The average molecular weight is 270 g/mol. The number of aryl methyl sites for hydroxylation is 1. The number of nitrogens with zero attached hydrogens (tertiary/aromatic N) is 2. The fourth-order valence-corrected chi connectivity index (χ4v) is 2.29. The van der Waals surface area contributed by atoms with E-state index in [2.05, 4.69) is 56.9 Å². The van der Waals surface area contributed by atoms with Gasteiger partial charge in [-0.2, -0.15) is 0 Å². The normalized spacial score (nSPS) is 13.2. The third-order valence-electron chi connectivity index (χ3n) is 3.66. The molecule has 0 spiro atoms. The molecular formula is C17H22N2O. The molecule has 0 fully saturated rings. The summed E-state index contributed by atoms with van der Waals surface area (Å²) in [6.45, 7) is 8.41. The Bertz CT molecular complexity index is 562. The van der Waals surface area contributed by atoms with Gasteiger partial charge in [-0.1, -0.05) is 50.6 Å². The first kappa shape index (κ1) is 14.5. The highest BCUT2D eigenvalue weighted by molar-refractivity contribution is 5.82. The molecule has 3 nitrogen and oxygen atoms in total. The molecule has 0 N–H and O–H groups in total. The SMILES string of the molecule is Cc1ccc(CC(C(=O)n2ccnc2)C(C)(C)C)cc1. The minimum Gasteiger partial charge on any atom is -0.276 e. The second kappa shape index (κ2) is 5.61. The molecular weight excluding hydrogens is 248 g/mol. The van der Waals surface area contributed by atoms with E-state index in [4.69, 9.17) is 0 Å². The van der Waals surface area contributed by atoms with Crippen LogP contribution in [0.4, 0.5) is 0 Å². The summed E-state index contributed by atoms with van der Waals surface area (Å²) in [5.41, 5.74) is 2.35. The summed E-state index contributed by atoms with van der Waals surface area (Å²) in [6, 6.07) is 8.40. The van der Waals surface area contributed by atoms with Gasteiger partial charge in [0.1, 0.15) is 6.33 Å². The first-order valence-electron chi connectivity index (χ1n) is 6.95. The van der Waals surface area contributed by atoms with Gasteiger partial charge in [0.05, 0.1) is 0 Å². The highest BCUT2D eigenvalue weighted by Gasteiger charge is 2.32. The van der Waals surface area contributed by atoms with Gasteiger partial charge in [-0.3, -0.25) is 9.36 Å². The quantitative estimate of drug-likeness (QED) is 0.851. The monoisotopic (exact) mass is 270 g/mol. The van der Waals surface area contributed by atoms with Crippen molar-refractivity contribution < 1.29 is 4.79 Å². The van der Waals surface area contributed by atoms with Crippen molar-refractivity contribution in [2.45, 2.75) is 34.1 Å². The summed E-state index contributed by atoms with van der Waals surface area (Å²) in [7, 11) is 0. The molecule has 0 radical (unpaired) electrons. The highest BCUT2D eigenvalue weighted by Crippen LogP contribution is 2.30. The summed E-state index contributed by atoms with van der Waals surface area (Å²) in [5.74, 6) is 0.0370. The number of carbonyl (C=O) groups excluding carboxylic acids is 1. The molecule has 0 bridgehead atoms. The van der Waals surface area contributed by atoms with Gasteiger partial charge in [0.15, 0.2) is 0 Å². The smallest absolute Gasteiger partial charge is 0.235 e. The van der Waals surface area contributed by atoms with Crippen LogP contribution in [-0.4, -0.2) is 15.5 Å². The van der Waals surface area contributed by atoms with Crippen molar-refractivity contribution in [3.63, 3.8) is 0 Å². The van der Waals surface area contributed by atoms with Crippen LogP contribution < -0.4 is 0 Å². The van der Waals surface area contributed by atoms with E-state index in [1.807, 2.05) is 0 Å². The Kier molecular flexibility index (Phi) is 4.07. The number of carbonyl (C=O) groups is 1. The van der Waals surface area contributed by atoms with Crippen LogP contribution >= 0.6 is 0 Å². The minimum atomic E-state index is -0.0910. The number of aromatic nitrogens is 2. The van der Waals surface area contributed by atoms with Crippen LogP contribution in [0.1, 0.15) is 36.7 Å². The first-order chi connectivity index (χ1) is 9.38. The van der Waals surface area contributed by atoms with Crippen molar-refractivity contribution in [2.75, 3.05) is 0 Å². The number of benzene rings is 1. The molecule has 0 aliphatic carbocycles. The van der Waals surface area contributed by atoms with Crippen molar-refractivity contribution in [1.29, 1.82) is 0 Å². The lowest BCUT2D eigenvalue weighted by Gasteiger charge is -2.29. The lowest BCUT2D eigenvalue weighted by molar-refractivity contribution is 0.0724. The van der Waals surface area contributed by atoms with E-state index in [1.54, 1.807) is 23.3 Å². The van der Waals surface area contributed by atoms with Crippen LogP contribution in [0.3, 0.4) is 0 Å². The Balaban J connectivity index is 2.25. The predicted octanol–water partition coefficient (Wildman–Crippen LogP) is 3.74. The van der Waals surface area contributed by atoms with E-state index in [0.29, 0.717) is 0 Å². The van der Waals surface area contributed by atoms with E-state index in [9.17, 15) is 4.79 Å². The van der Waals surface area contributed by atoms with Crippen LogP contribution in [0.15, 0.2) is 43.0 Å². The summed E-state index contributed by atoms with van der Waals surface area (Å²) in [6.07, 6.45) is 5.69. The second-order valence-corrected chi connectivity index (χ2v) is 6.42. The van der Waals surface area contributed by atoms with E-state index < -0.39 is 0 Å². The zero-order chi connectivity index (χ0) is 14.8. The highest BCUT2D eigenvalue weighted by atomic mass is 16.2. The number of hydrogen-bond donors (Lipinski definition) is 0. The summed E-state index contributed by atoms with van der Waals surface area (Å²) >= 11 is 0. The molecule has 1 unspecified atom stereocenters. The summed E-state index contributed by atoms with van der Waals surface area (Å²) in [4.78, 5) is 16.6. The van der Waals surface area contributed by atoms with Gasteiger partial charge in [0.25, 0.3) is 0 Å². The lowest BCUT2D eigenvalue weighted by atomic mass is 9.76. The summed E-state index contributed by atoms with van der Waals surface area (Å²) < 4.78 is 1.59. The van der Waals surface area contributed by atoms with Crippen molar-refractivity contribution >= 4 is 5.91 Å². The van der Waals surface area contributed by atoms with Crippen LogP contribution in [0.2, 0.25) is 0 Å². The lowest BCUT2D eigenvalue weighted by Crippen LogP contribution is -2.33. The Morgan fingerprint density at radius 3 is 2.40 bits per heavy atom. The van der Waals surface area contributed by atoms with Gasteiger partial charge in [0, 0.05) is 18.3 Å². The Morgan fingerprint density at radius 1 is 1.25 bits per heavy atom. The van der Waals surface area contributed by atoms with Crippen LogP contribution in [-0.2, 0) is 6.42 Å². The van der Waals surface area contributed by atoms with Gasteiger partial charge in [0.2, 0.25) is 5.91 Å². The second-order valence-electron chi connectivity index (χ2n) is 6.42. The van der Waals surface area contributed by atoms with Gasteiger partial charge in [-0.15, -0.1) is 0 Å². The predicted molar refractivity (Wildman–Crippen MR) is 80.7 cm³/mol. The van der Waals surface area contributed by atoms with E-state index in [1.165, 1.54) is 11.1 Å². The third-order valence-corrected chi connectivity index (χ3v) is 3.66. The molecule has 0 aliphatic rings. The zero-order valence-electron chi connectivity index (χ0n) is 12.6. The molecule has 3 heteroatoms. The first-order valence-corrected chi connectivity index (χ1v) is 6.95. The zero-order valence-corrected chi connectivity index (χ0v) is 12.6. The Morgan fingerprint density at radius 2 is 1.90 bits per heavy atom. The fraction of sp³-hybridized carbons (Fsp3) is 0.412. The number of imidazole rings is 1. The van der Waals surface area contributed by atoms with Crippen molar-refractivity contribution in [3.8, 4) is 0 Å². The molecule has 20 heavy (non-hydrogen) atoms. The standard InChI is InChI=1S/C17H22N2O/c1-13-5-7-14(8-6-13)11-15(17(2,3)4)16(20)19-10-9-18-12-19/h5-10,12,15H,11H2,1-4H3. The van der Waals surface area contributed by atoms with Gasteiger partial charge in [-0.25, -0.2) is 4.98 Å². The maximum Gasteiger partial charge on any atom is 0.235 e. The number of rotatable bonds is 3. The molecule has 1 atom stereocenters. The van der Waals surface area contributed by atoms with Crippen LogP contribution in [0.25, 0.3) is 0 Å². The molecule has 1 heterocycles. The van der Waals surface area contributed by atoms with Gasteiger partial charge in [-0.05, 0) is 24.3 Å². The van der Waals surface area contributed by atoms with E-state index in [0.717, 1.165) is 6.42 Å². The third kappa shape index (κ3) is 3.35.